The maximum atomic E-state index is 10.5. The zero-order valence-electron chi connectivity index (χ0n) is 8.53. The molecule has 0 N–H and O–H groups in total. The molecule has 0 aliphatic rings. The fraction of sp³-hybridized carbons (Fsp3) is 0.889. The van der Waals surface area contributed by atoms with E-state index in [0.717, 1.165) is 5.75 Å². The van der Waals surface area contributed by atoms with E-state index in [0.29, 0.717) is 33.0 Å². The fourth-order valence-electron chi connectivity index (χ4n) is 0.720. The van der Waals surface area contributed by atoms with Crippen molar-refractivity contribution in [2.24, 2.45) is 0 Å². The number of ketones is 1. The van der Waals surface area contributed by atoms with Gasteiger partial charge in [-0.2, -0.15) is 12.6 Å². The van der Waals surface area contributed by atoms with Gasteiger partial charge < -0.3 is 14.2 Å². The molecule has 84 valence electrons. The van der Waals surface area contributed by atoms with Gasteiger partial charge in [-0.05, 0) is 6.92 Å². The molecule has 0 aromatic rings. The van der Waals surface area contributed by atoms with Gasteiger partial charge >= 0.3 is 0 Å². The maximum absolute atomic E-state index is 10.5. The summed E-state index contributed by atoms with van der Waals surface area (Å²) in [5.74, 6) is 0.754. The van der Waals surface area contributed by atoms with Gasteiger partial charge in [0.2, 0.25) is 0 Å². The summed E-state index contributed by atoms with van der Waals surface area (Å²) in [5, 5.41) is 0. The number of hydrogen-bond donors (Lipinski definition) is 1. The van der Waals surface area contributed by atoms with E-state index in [1.807, 2.05) is 0 Å². The molecule has 0 amide bonds. The van der Waals surface area contributed by atoms with Gasteiger partial charge in [-0.1, -0.05) is 0 Å². The minimum absolute atomic E-state index is 0.0297. The van der Waals surface area contributed by atoms with Crippen molar-refractivity contribution < 1.29 is 19.0 Å². The van der Waals surface area contributed by atoms with Crippen molar-refractivity contribution >= 4 is 18.4 Å². The molecule has 0 aliphatic heterocycles. The van der Waals surface area contributed by atoms with Crippen LogP contribution in [-0.4, -0.2) is 51.2 Å². The molecule has 0 radical (unpaired) electrons. The first kappa shape index (κ1) is 13.9. The van der Waals surface area contributed by atoms with Crippen LogP contribution in [-0.2, 0) is 19.0 Å². The fourth-order valence-corrected chi connectivity index (χ4v) is 0.849. The Balaban J connectivity index is 2.88. The van der Waals surface area contributed by atoms with Crippen molar-refractivity contribution in [3.8, 4) is 0 Å². The quantitative estimate of drug-likeness (QED) is 0.433. The Morgan fingerprint density at radius 2 is 1.50 bits per heavy atom. The van der Waals surface area contributed by atoms with Crippen LogP contribution in [0.3, 0.4) is 0 Å². The predicted octanol–water partition coefficient (Wildman–Crippen LogP) is 0.555. The maximum Gasteiger partial charge on any atom is 0.155 e. The molecule has 0 unspecified atom stereocenters. The minimum Gasteiger partial charge on any atom is -0.378 e. The Labute approximate surface area is 90.3 Å². The van der Waals surface area contributed by atoms with Gasteiger partial charge in [0.05, 0.1) is 33.0 Å². The lowest BCUT2D eigenvalue weighted by Gasteiger charge is -2.04. The van der Waals surface area contributed by atoms with Crippen LogP contribution in [0.15, 0.2) is 0 Å². The van der Waals surface area contributed by atoms with E-state index in [1.54, 1.807) is 0 Å². The summed E-state index contributed by atoms with van der Waals surface area (Å²) in [4.78, 5) is 10.5. The third kappa shape index (κ3) is 11.9. The van der Waals surface area contributed by atoms with E-state index in [4.69, 9.17) is 14.2 Å². The highest BCUT2D eigenvalue weighted by molar-refractivity contribution is 7.80. The van der Waals surface area contributed by atoms with Gasteiger partial charge in [0, 0.05) is 5.75 Å². The summed E-state index contributed by atoms with van der Waals surface area (Å²) in [6.07, 6.45) is 0. The number of ether oxygens (including phenoxy) is 3. The second-order valence-electron chi connectivity index (χ2n) is 2.70. The third-order valence-electron chi connectivity index (χ3n) is 1.28. The SMILES string of the molecule is CC(=O)COCCOCCOCCS. The van der Waals surface area contributed by atoms with Crippen molar-refractivity contribution in [1.29, 1.82) is 0 Å². The molecule has 0 fully saturated rings. The molecule has 0 heterocycles. The van der Waals surface area contributed by atoms with Crippen LogP contribution in [0.4, 0.5) is 0 Å². The average molecular weight is 222 g/mol. The van der Waals surface area contributed by atoms with Gasteiger partial charge in [-0.15, -0.1) is 0 Å². The third-order valence-corrected chi connectivity index (χ3v) is 1.47. The summed E-state index contributed by atoms with van der Waals surface area (Å²) in [5.41, 5.74) is 0. The molecule has 4 nitrogen and oxygen atoms in total. The molecule has 0 bridgehead atoms. The van der Waals surface area contributed by atoms with E-state index < -0.39 is 0 Å². The monoisotopic (exact) mass is 222 g/mol. The van der Waals surface area contributed by atoms with E-state index in [2.05, 4.69) is 12.6 Å². The van der Waals surface area contributed by atoms with Gasteiger partial charge in [0.1, 0.15) is 6.61 Å². The van der Waals surface area contributed by atoms with Crippen LogP contribution in [0.5, 0.6) is 0 Å². The van der Waals surface area contributed by atoms with Crippen LogP contribution in [0.25, 0.3) is 0 Å². The largest absolute Gasteiger partial charge is 0.378 e. The minimum atomic E-state index is 0.0297. The van der Waals surface area contributed by atoms with Crippen LogP contribution < -0.4 is 0 Å². The summed E-state index contributed by atoms with van der Waals surface area (Å²) < 4.78 is 15.3. The van der Waals surface area contributed by atoms with Crippen molar-refractivity contribution in [2.75, 3.05) is 45.4 Å². The number of rotatable bonds is 10. The molecule has 0 atom stereocenters. The first-order valence-electron chi connectivity index (χ1n) is 4.61. The van der Waals surface area contributed by atoms with Gasteiger partial charge in [-0.25, -0.2) is 0 Å². The molecular weight excluding hydrogens is 204 g/mol. The lowest BCUT2D eigenvalue weighted by Crippen LogP contribution is -2.12. The first-order chi connectivity index (χ1) is 6.77. The highest BCUT2D eigenvalue weighted by atomic mass is 32.1. The number of carbonyl (C=O) groups is 1. The van der Waals surface area contributed by atoms with E-state index >= 15 is 0 Å². The summed E-state index contributed by atoms with van der Waals surface area (Å²) in [6, 6.07) is 0. The van der Waals surface area contributed by atoms with Crippen LogP contribution in [0, 0.1) is 0 Å². The number of Topliss-reactive ketones (excluding diaryl/α,β-unsaturated/α-hetero) is 1. The summed E-state index contributed by atoms with van der Waals surface area (Å²) >= 11 is 3.99. The van der Waals surface area contributed by atoms with E-state index in [-0.39, 0.29) is 12.4 Å². The molecule has 0 saturated carbocycles. The van der Waals surface area contributed by atoms with E-state index in [1.165, 1.54) is 6.92 Å². The zero-order chi connectivity index (χ0) is 10.6. The molecule has 0 rings (SSSR count). The summed E-state index contributed by atoms with van der Waals surface area (Å²) in [7, 11) is 0. The normalized spacial score (nSPS) is 10.4. The van der Waals surface area contributed by atoms with Gasteiger partial charge in [-0.3, -0.25) is 4.79 Å². The lowest BCUT2D eigenvalue weighted by molar-refractivity contribution is -0.122. The van der Waals surface area contributed by atoms with Crippen LogP contribution in [0.2, 0.25) is 0 Å². The van der Waals surface area contributed by atoms with Crippen molar-refractivity contribution in [1.82, 2.24) is 0 Å². The Bertz CT molecular complexity index is 141. The molecule has 5 heteroatoms. The smallest absolute Gasteiger partial charge is 0.155 e. The highest BCUT2D eigenvalue weighted by Gasteiger charge is 1.93. The average Bonchev–Trinajstić information content (AvgIpc) is 2.15. The molecule has 0 aromatic carbocycles. The van der Waals surface area contributed by atoms with Gasteiger partial charge in [0.25, 0.3) is 0 Å². The first-order valence-corrected chi connectivity index (χ1v) is 5.24. The lowest BCUT2D eigenvalue weighted by atomic mass is 10.5. The van der Waals surface area contributed by atoms with Crippen molar-refractivity contribution in [3.05, 3.63) is 0 Å². The Morgan fingerprint density at radius 1 is 1.00 bits per heavy atom. The van der Waals surface area contributed by atoms with Gasteiger partial charge in [0.15, 0.2) is 5.78 Å². The summed E-state index contributed by atoms with van der Waals surface area (Å²) in [6.45, 7) is 4.38. The number of carbonyl (C=O) groups excluding carboxylic acids is 1. The Kier molecular flexibility index (Phi) is 10.9. The predicted molar refractivity (Wildman–Crippen MR) is 57.0 cm³/mol. The topological polar surface area (TPSA) is 44.8 Å². The zero-order valence-corrected chi connectivity index (χ0v) is 9.42. The Hall–Kier alpha value is -0.100. The number of hydrogen-bond acceptors (Lipinski definition) is 5. The van der Waals surface area contributed by atoms with Crippen molar-refractivity contribution in [3.63, 3.8) is 0 Å². The highest BCUT2D eigenvalue weighted by Crippen LogP contribution is 1.82. The molecule has 0 aromatic heterocycles. The van der Waals surface area contributed by atoms with E-state index in [9.17, 15) is 4.79 Å². The molecule has 0 saturated heterocycles. The standard InChI is InChI=1S/C9H18O4S/c1-9(10)8-13-5-4-11-2-3-12-6-7-14/h14H,2-8H2,1H3. The molecule has 0 spiro atoms. The van der Waals surface area contributed by atoms with Crippen LogP contribution >= 0.6 is 12.6 Å². The Morgan fingerprint density at radius 3 is 2.00 bits per heavy atom. The second-order valence-corrected chi connectivity index (χ2v) is 3.15. The molecule has 0 aliphatic carbocycles. The van der Waals surface area contributed by atoms with Crippen LogP contribution in [0.1, 0.15) is 6.92 Å². The molecule has 14 heavy (non-hydrogen) atoms. The molecular formula is C9H18O4S. The number of thiol groups is 1. The second kappa shape index (κ2) is 11.0. The van der Waals surface area contributed by atoms with Crippen molar-refractivity contribution in [2.45, 2.75) is 6.92 Å².